The summed E-state index contributed by atoms with van der Waals surface area (Å²) in [5.41, 5.74) is 3.07. The highest BCUT2D eigenvalue weighted by atomic mass is 16.3. The Hall–Kier alpha value is -2.63. The van der Waals surface area contributed by atoms with Gasteiger partial charge in [0.2, 0.25) is 0 Å². The standard InChI is InChI=1S/C18H22N4O2/c1-11(13-4-3-5-16(23)9-13)20-18(24)22-15-6-7-17-14(8-15)10-19-12(2)21-17/h3-5,9-11,15,23H,6-8H2,1-2H3,(H2,20,22,24)/t11-,15+/m1/s1. The van der Waals surface area contributed by atoms with Crippen LogP contribution in [0.2, 0.25) is 0 Å². The van der Waals surface area contributed by atoms with E-state index in [1.807, 2.05) is 26.1 Å². The summed E-state index contributed by atoms with van der Waals surface area (Å²) in [6, 6.07) is 6.61. The summed E-state index contributed by atoms with van der Waals surface area (Å²) >= 11 is 0. The maximum Gasteiger partial charge on any atom is 0.315 e. The average molecular weight is 326 g/mol. The number of hydrogen-bond acceptors (Lipinski definition) is 4. The SMILES string of the molecule is Cc1ncc2c(n1)CC[C@H](NC(=O)N[C@H](C)c1cccc(O)c1)C2. The van der Waals surface area contributed by atoms with Gasteiger partial charge in [0.1, 0.15) is 11.6 Å². The van der Waals surface area contributed by atoms with Crippen LogP contribution in [-0.4, -0.2) is 27.1 Å². The molecule has 1 aliphatic rings. The molecule has 0 spiro atoms. The van der Waals surface area contributed by atoms with Crippen molar-refractivity contribution in [3.8, 4) is 5.75 Å². The van der Waals surface area contributed by atoms with Gasteiger partial charge in [-0.15, -0.1) is 0 Å². The molecule has 0 saturated heterocycles. The molecule has 2 atom stereocenters. The second kappa shape index (κ2) is 6.86. The number of rotatable bonds is 3. The Morgan fingerprint density at radius 3 is 3.04 bits per heavy atom. The van der Waals surface area contributed by atoms with Gasteiger partial charge in [-0.3, -0.25) is 0 Å². The molecule has 0 bridgehead atoms. The molecule has 126 valence electrons. The summed E-state index contributed by atoms with van der Waals surface area (Å²) in [5.74, 6) is 0.985. The Bertz CT molecular complexity index is 748. The number of hydrogen-bond donors (Lipinski definition) is 3. The van der Waals surface area contributed by atoms with Crippen molar-refractivity contribution in [2.24, 2.45) is 0 Å². The molecule has 0 unspecified atom stereocenters. The van der Waals surface area contributed by atoms with Crippen molar-refractivity contribution in [3.63, 3.8) is 0 Å². The third-order valence-electron chi connectivity index (χ3n) is 4.32. The van der Waals surface area contributed by atoms with E-state index in [0.717, 1.165) is 41.9 Å². The lowest BCUT2D eigenvalue weighted by Gasteiger charge is -2.25. The van der Waals surface area contributed by atoms with Crippen LogP contribution in [0.5, 0.6) is 5.75 Å². The highest BCUT2D eigenvalue weighted by molar-refractivity contribution is 5.74. The number of fused-ring (bicyclic) bond motifs is 1. The molecule has 0 fully saturated rings. The minimum atomic E-state index is -0.202. The molecule has 2 amide bonds. The number of phenols is 1. The van der Waals surface area contributed by atoms with Crippen molar-refractivity contribution in [3.05, 3.63) is 53.1 Å². The van der Waals surface area contributed by atoms with Gasteiger partial charge >= 0.3 is 6.03 Å². The van der Waals surface area contributed by atoms with Crippen molar-refractivity contribution in [1.29, 1.82) is 0 Å². The van der Waals surface area contributed by atoms with E-state index < -0.39 is 0 Å². The molecule has 1 aromatic carbocycles. The fourth-order valence-electron chi connectivity index (χ4n) is 3.03. The van der Waals surface area contributed by atoms with E-state index in [2.05, 4.69) is 20.6 Å². The van der Waals surface area contributed by atoms with Crippen LogP contribution < -0.4 is 10.6 Å². The Labute approximate surface area is 141 Å². The number of phenolic OH excluding ortho intramolecular Hbond substituents is 1. The van der Waals surface area contributed by atoms with Crippen LogP contribution in [0.4, 0.5) is 4.79 Å². The van der Waals surface area contributed by atoms with Gasteiger partial charge in [0.05, 0.1) is 6.04 Å². The van der Waals surface area contributed by atoms with Crippen LogP contribution in [0, 0.1) is 6.92 Å². The molecule has 0 radical (unpaired) electrons. The molecule has 6 nitrogen and oxygen atoms in total. The highest BCUT2D eigenvalue weighted by Gasteiger charge is 2.22. The summed E-state index contributed by atoms with van der Waals surface area (Å²) in [6.45, 7) is 3.78. The lowest BCUT2D eigenvalue weighted by atomic mass is 9.93. The maximum atomic E-state index is 12.2. The minimum absolute atomic E-state index is 0.0835. The smallest absolute Gasteiger partial charge is 0.315 e. The zero-order valence-corrected chi connectivity index (χ0v) is 13.9. The second-order valence-electron chi connectivity index (χ2n) is 6.26. The van der Waals surface area contributed by atoms with E-state index in [1.54, 1.807) is 18.2 Å². The van der Waals surface area contributed by atoms with Crippen molar-refractivity contribution in [2.45, 2.75) is 45.2 Å². The number of benzene rings is 1. The van der Waals surface area contributed by atoms with Gasteiger partial charge in [0.15, 0.2) is 0 Å². The molecule has 2 aromatic rings. The number of aromatic nitrogens is 2. The predicted octanol–water partition coefficient (Wildman–Crippen LogP) is 2.41. The number of carbonyl (C=O) groups is 1. The van der Waals surface area contributed by atoms with Crippen molar-refractivity contribution in [1.82, 2.24) is 20.6 Å². The molecule has 6 heteroatoms. The predicted molar refractivity (Wildman–Crippen MR) is 90.8 cm³/mol. The first-order chi connectivity index (χ1) is 11.5. The van der Waals surface area contributed by atoms with E-state index in [-0.39, 0.29) is 23.9 Å². The van der Waals surface area contributed by atoms with E-state index in [9.17, 15) is 9.90 Å². The lowest BCUT2D eigenvalue weighted by molar-refractivity contribution is 0.232. The molecule has 3 N–H and O–H groups in total. The van der Waals surface area contributed by atoms with Crippen LogP contribution in [0.25, 0.3) is 0 Å². The van der Waals surface area contributed by atoms with Crippen LogP contribution in [0.15, 0.2) is 30.5 Å². The monoisotopic (exact) mass is 326 g/mol. The molecule has 0 aliphatic heterocycles. The second-order valence-corrected chi connectivity index (χ2v) is 6.26. The van der Waals surface area contributed by atoms with Crippen molar-refractivity contribution < 1.29 is 9.90 Å². The quantitative estimate of drug-likeness (QED) is 0.808. The third kappa shape index (κ3) is 3.82. The summed E-state index contributed by atoms with van der Waals surface area (Å²) in [4.78, 5) is 20.9. The van der Waals surface area contributed by atoms with E-state index in [0.29, 0.717) is 0 Å². The van der Waals surface area contributed by atoms with Gasteiger partial charge in [0.25, 0.3) is 0 Å². The maximum absolute atomic E-state index is 12.2. The summed E-state index contributed by atoms with van der Waals surface area (Å²) < 4.78 is 0. The molecule has 1 aliphatic carbocycles. The van der Waals surface area contributed by atoms with E-state index in [4.69, 9.17) is 0 Å². The molecular weight excluding hydrogens is 304 g/mol. The normalized spacial score (nSPS) is 17.7. The van der Waals surface area contributed by atoms with Crippen LogP contribution in [0.3, 0.4) is 0 Å². The fraction of sp³-hybridized carbons (Fsp3) is 0.389. The number of carbonyl (C=O) groups excluding carboxylic acids is 1. The zero-order chi connectivity index (χ0) is 17.1. The summed E-state index contributed by atoms with van der Waals surface area (Å²) in [5, 5.41) is 15.5. The van der Waals surface area contributed by atoms with Gasteiger partial charge in [-0.2, -0.15) is 0 Å². The number of nitrogens with one attached hydrogen (secondary N) is 2. The van der Waals surface area contributed by atoms with Gasteiger partial charge in [0, 0.05) is 17.9 Å². The van der Waals surface area contributed by atoms with Crippen molar-refractivity contribution in [2.75, 3.05) is 0 Å². The lowest BCUT2D eigenvalue weighted by Crippen LogP contribution is -2.45. The zero-order valence-electron chi connectivity index (χ0n) is 13.9. The fourth-order valence-corrected chi connectivity index (χ4v) is 3.03. The van der Waals surface area contributed by atoms with E-state index >= 15 is 0 Å². The average Bonchev–Trinajstić information content (AvgIpc) is 2.55. The summed E-state index contributed by atoms with van der Waals surface area (Å²) in [6.07, 6.45) is 4.34. The van der Waals surface area contributed by atoms with Crippen LogP contribution >= 0.6 is 0 Å². The Balaban J connectivity index is 1.57. The number of aromatic hydroxyl groups is 1. The molecule has 24 heavy (non-hydrogen) atoms. The Kier molecular flexibility index (Phi) is 4.64. The van der Waals surface area contributed by atoms with Gasteiger partial charge < -0.3 is 15.7 Å². The number of nitrogens with zero attached hydrogens (tertiary/aromatic N) is 2. The summed E-state index contributed by atoms with van der Waals surface area (Å²) in [7, 11) is 0. The molecule has 1 aromatic heterocycles. The highest BCUT2D eigenvalue weighted by Crippen LogP contribution is 2.20. The third-order valence-corrected chi connectivity index (χ3v) is 4.32. The van der Waals surface area contributed by atoms with Gasteiger partial charge in [-0.1, -0.05) is 12.1 Å². The first kappa shape index (κ1) is 16.2. The molecule has 0 saturated carbocycles. The number of aryl methyl sites for hydroxylation is 2. The van der Waals surface area contributed by atoms with E-state index in [1.165, 1.54) is 0 Å². The van der Waals surface area contributed by atoms with Gasteiger partial charge in [-0.25, -0.2) is 14.8 Å². The first-order valence-electron chi connectivity index (χ1n) is 8.18. The van der Waals surface area contributed by atoms with Crippen molar-refractivity contribution >= 4 is 6.03 Å². The largest absolute Gasteiger partial charge is 0.508 e. The number of amides is 2. The van der Waals surface area contributed by atoms with Crippen LogP contribution in [-0.2, 0) is 12.8 Å². The first-order valence-corrected chi connectivity index (χ1v) is 8.18. The molecular formula is C18H22N4O2. The van der Waals surface area contributed by atoms with Crippen LogP contribution in [0.1, 0.15) is 42.0 Å². The molecule has 3 rings (SSSR count). The van der Waals surface area contributed by atoms with Gasteiger partial charge in [-0.05, 0) is 56.4 Å². The Morgan fingerprint density at radius 1 is 1.42 bits per heavy atom. The Morgan fingerprint density at radius 2 is 2.25 bits per heavy atom. The number of urea groups is 1. The molecule has 1 heterocycles. The topological polar surface area (TPSA) is 87.1 Å². The minimum Gasteiger partial charge on any atom is -0.508 e.